The van der Waals surface area contributed by atoms with Crippen LogP contribution in [0.25, 0.3) is 0 Å². The van der Waals surface area contributed by atoms with Crippen molar-refractivity contribution < 1.29 is 22.2 Å². The summed E-state index contributed by atoms with van der Waals surface area (Å²) in [7, 11) is -6.27. The lowest BCUT2D eigenvalue weighted by Gasteiger charge is -2.51. The number of ether oxygens (including phenoxy) is 1. The molecule has 7 atom stereocenters. The lowest BCUT2D eigenvalue weighted by molar-refractivity contribution is 0.0660. The van der Waals surface area contributed by atoms with Crippen molar-refractivity contribution in [3.8, 4) is 5.75 Å². The first-order valence-electron chi connectivity index (χ1n) is 17.0. The van der Waals surface area contributed by atoms with E-state index in [0.29, 0.717) is 37.3 Å². The second kappa shape index (κ2) is 12.8. The highest BCUT2D eigenvalue weighted by molar-refractivity contribution is 7.99. The molecule has 10 heteroatoms. The van der Waals surface area contributed by atoms with E-state index in [9.17, 15) is 17.4 Å². The number of anilines is 1. The molecule has 2 aliphatic heterocycles. The Bertz CT molecular complexity index is 1790. The van der Waals surface area contributed by atoms with Crippen molar-refractivity contribution >= 4 is 48.6 Å². The highest BCUT2D eigenvalue weighted by Gasteiger charge is 2.49. The molecular weight excluding hydrogens is 652 g/mol. The molecule has 2 aromatic carbocycles. The fourth-order valence-electron chi connectivity index (χ4n) is 8.72. The molecule has 4 aliphatic rings. The Morgan fingerprint density at radius 3 is 2.66 bits per heavy atom. The molecule has 1 unspecified atom stereocenters. The van der Waals surface area contributed by atoms with Crippen LogP contribution in [0.15, 0.2) is 48.6 Å². The van der Waals surface area contributed by atoms with Crippen molar-refractivity contribution in [2.24, 2.45) is 23.2 Å². The van der Waals surface area contributed by atoms with Crippen LogP contribution in [-0.4, -0.2) is 61.4 Å². The molecule has 2 aromatic rings. The lowest BCUT2D eigenvalue weighted by Crippen LogP contribution is -2.51. The maximum Gasteiger partial charge on any atom is 0.262 e. The fourth-order valence-corrected chi connectivity index (χ4v) is 11.9. The molecule has 2 aliphatic carbocycles. The van der Waals surface area contributed by atoms with E-state index in [1.807, 2.05) is 32.0 Å². The molecule has 256 valence electrons. The molecule has 1 N–H and O–H groups in total. The maximum atomic E-state index is 13.8. The smallest absolute Gasteiger partial charge is 0.262 e. The van der Waals surface area contributed by atoms with Gasteiger partial charge in [-0.1, -0.05) is 43.7 Å². The molecule has 0 saturated heterocycles. The number of nitrogens with one attached hydrogen (secondary N) is 1. The van der Waals surface area contributed by atoms with E-state index in [1.165, 1.54) is 17.4 Å². The van der Waals surface area contributed by atoms with Crippen LogP contribution >= 0.6 is 11.6 Å². The molecule has 0 aromatic heterocycles. The number of benzene rings is 2. The Morgan fingerprint density at radius 2 is 1.96 bits per heavy atom. The number of hydrogen-bond donors (Lipinski definition) is 1. The molecule has 1 amide bonds. The summed E-state index contributed by atoms with van der Waals surface area (Å²) in [5.41, 5.74) is 2.99. The average Bonchev–Trinajstić information content (AvgIpc) is 3.14. The second-order valence-corrected chi connectivity index (χ2v) is 19.8. The zero-order valence-electron chi connectivity index (χ0n) is 28.1. The first-order chi connectivity index (χ1) is 22.2. The number of aryl methyl sites for hydroxylation is 1. The van der Waals surface area contributed by atoms with Crippen molar-refractivity contribution in [2.75, 3.05) is 36.6 Å². The van der Waals surface area contributed by atoms with E-state index in [4.69, 9.17) is 16.3 Å². The van der Waals surface area contributed by atoms with Gasteiger partial charge in [0.25, 0.3) is 5.91 Å². The first-order valence-corrected chi connectivity index (χ1v) is 21.2. The van der Waals surface area contributed by atoms with E-state index in [1.54, 1.807) is 6.07 Å². The normalized spacial score (nSPS) is 35.0. The first kappa shape index (κ1) is 34.4. The van der Waals surface area contributed by atoms with Gasteiger partial charge in [0.15, 0.2) is 0 Å². The summed E-state index contributed by atoms with van der Waals surface area (Å²) < 4.78 is 49.2. The van der Waals surface area contributed by atoms with Crippen molar-refractivity contribution in [3.63, 3.8) is 0 Å². The SMILES string of the molecule is C=S1(=O)NC(=O)c2ccc3c(c2)N(C[C@@H]2CC[C@H]2[C@](CC)(CS(C)(=O)=O)/C=C/C[C@H](C)[C@H]1C)C[C@@]1(CCCc2cc(Cl)ccc21)CO3. The van der Waals surface area contributed by atoms with Gasteiger partial charge in [-0.3, -0.25) is 9.52 Å². The highest BCUT2D eigenvalue weighted by Crippen LogP contribution is 2.52. The Morgan fingerprint density at radius 1 is 1.17 bits per heavy atom. The van der Waals surface area contributed by atoms with E-state index >= 15 is 0 Å². The zero-order chi connectivity index (χ0) is 33.8. The van der Waals surface area contributed by atoms with Crippen LogP contribution in [0.3, 0.4) is 0 Å². The molecule has 6 rings (SSSR count). The average molecular weight is 701 g/mol. The molecule has 1 spiro atoms. The summed E-state index contributed by atoms with van der Waals surface area (Å²) in [6, 6.07) is 11.7. The van der Waals surface area contributed by atoms with Gasteiger partial charge < -0.3 is 9.64 Å². The zero-order valence-corrected chi connectivity index (χ0v) is 30.5. The van der Waals surface area contributed by atoms with Gasteiger partial charge in [0.2, 0.25) is 0 Å². The maximum absolute atomic E-state index is 13.8. The van der Waals surface area contributed by atoms with Crippen LogP contribution in [0.5, 0.6) is 5.75 Å². The number of carbonyl (C=O) groups excluding carboxylic acids is 1. The summed E-state index contributed by atoms with van der Waals surface area (Å²) in [5.74, 6) is 4.79. The quantitative estimate of drug-likeness (QED) is 0.286. The Hall–Kier alpha value is -2.49. The van der Waals surface area contributed by atoms with Crippen molar-refractivity contribution in [1.29, 1.82) is 0 Å². The number of halogens is 1. The van der Waals surface area contributed by atoms with Gasteiger partial charge in [-0.25, -0.2) is 12.6 Å². The van der Waals surface area contributed by atoms with Gasteiger partial charge in [0, 0.05) is 46.0 Å². The molecular formula is C37H49ClN2O5S2. The number of fused-ring (bicyclic) bond motifs is 4. The van der Waals surface area contributed by atoms with Gasteiger partial charge in [-0.2, -0.15) is 0 Å². The molecule has 1 fully saturated rings. The van der Waals surface area contributed by atoms with E-state index in [2.05, 4.69) is 46.7 Å². The van der Waals surface area contributed by atoms with Gasteiger partial charge >= 0.3 is 0 Å². The number of sulfone groups is 1. The minimum Gasteiger partial charge on any atom is -0.490 e. The molecule has 47 heavy (non-hydrogen) atoms. The lowest BCUT2D eigenvalue weighted by atomic mass is 9.58. The minimum absolute atomic E-state index is 0.0465. The van der Waals surface area contributed by atoms with Crippen LogP contribution in [0, 0.1) is 23.2 Å². The van der Waals surface area contributed by atoms with Crippen LogP contribution in [-0.2, 0) is 31.4 Å². The number of amides is 1. The van der Waals surface area contributed by atoms with Gasteiger partial charge in [0.05, 0.1) is 27.8 Å². The van der Waals surface area contributed by atoms with E-state index < -0.39 is 36.1 Å². The Labute approximate surface area is 286 Å². The van der Waals surface area contributed by atoms with Crippen molar-refractivity contribution in [1.82, 2.24) is 4.72 Å². The Balaban J connectivity index is 1.48. The Kier molecular flexibility index (Phi) is 9.33. The second-order valence-electron chi connectivity index (χ2n) is 14.9. The molecule has 2 heterocycles. The molecule has 2 bridgehead atoms. The van der Waals surface area contributed by atoms with Gasteiger partial charge in [-0.15, -0.1) is 0 Å². The summed E-state index contributed by atoms with van der Waals surface area (Å²) in [6.45, 7) is 7.90. The number of allylic oxidation sites excluding steroid dienone is 2. The third-order valence-corrected chi connectivity index (χ3v) is 15.2. The minimum atomic E-state index is -3.28. The standard InChI is InChI=1S/C37H49ClN2O5S2/c1-6-36(24-46(4,42)43)17-7-9-25(2)26(3)47(5,44)39-35(41)28-12-16-34-33(20-28)40(21-29-11-14-32(29)36)22-37(23-45-34)18-8-10-27-19-30(38)13-15-31(27)37/h7,12-13,15-17,19-20,25-26,29,32H,5-6,8-11,14,18,21-24H2,1-4H3,(H,39,41,44)/b17-7+/t25-,26+,29-,32+,36-,37-,47?/m0/s1. The highest BCUT2D eigenvalue weighted by atomic mass is 35.5. The molecule has 7 nitrogen and oxygen atoms in total. The number of rotatable bonds is 3. The third-order valence-electron chi connectivity index (χ3n) is 11.7. The third kappa shape index (κ3) is 6.73. The number of hydrogen-bond acceptors (Lipinski definition) is 6. The predicted octanol–water partition coefficient (Wildman–Crippen LogP) is 6.63. The summed E-state index contributed by atoms with van der Waals surface area (Å²) in [4.78, 5) is 16.0. The molecule has 0 radical (unpaired) electrons. The van der Waals surface area contributed by atoms with Gasteiger partial charge in [-0.05, 0) is 117 Å². The van der Waals surface area contributed by atoms with Crippen LogP contribution in [0.4, 0.5) is 5.69 Å². The predicted molar refractivity (Wildman–Crippen MR) is 194 cm³/mol. The summed E-state index contributed by atoms with van der Waals surface area (Å²) in [6.07, 6.45) is 11.8. The number of carbonyl (C=O) groups is 1. The molecule has 1 saturated carbocycles. The fraction of sp³-hybridized carbons (Fsp3) is 0.568. The van der Waals surface area contributed by atoms with Crippen LogP contribution < -0.4 is 14.4 Å². The van der Waals surface area contributed by atoms with Crippen LogP contribution in [0.1, 0.15) is 80.8 Å². The monoisotopic (exact) mass is 700 g/mol. The van der Waals surface area contributed by atoms with Crippen LogP contribution in [0.2, 0.25) is 5.02 Å². The summed E-state index contributed by atoms with van der Waals surface area (Å²) in [5, 5.41) is 0.337. The van der Waals surface area contributed by atoms with E-state index in [-0.39, 0.29) is 28.9 Å². The van der Waals surface area contributed by atoms with Crippen molar-refractivity contribution in [2.45, 2.75) is 76.4 Å². The number of nitrogens with zero attached hydrogens (tertiary/aromatic N) is 1. The largest absolute Gasteiger partial charge is 0.490 e. The van der Waals surface area contributed by atoms with E-state index in [0.717, 1.165) is 49.4 Å². The summed E-state index contributed by atoms with van der Waals surface area (Å²) >= 11 is 6.45. The van der Waals surface area contributed by atoms with Gasteiger partial charge in [0.1, 0.15) is 15.6 Å². The van der Waals surface area contributed by atoms with Crippen molar-refractivity contribution in [3.05, 3.63) is 70.3 Å². The topological polar surface area (TPSA) is 92.8 Å².